The summed E-state index contributed by atoms with van der Waals surface area (Å²) in [5.74, 6) is -0.974. The second-order valence-electron chi connectivity index (χ2n) is 9.15. The Kier molecular flexibility index (Phi) is 6.40. The Morgan fingerprint density at radius 1 is 1.16 bits per heavy atom. The molecule has 4 aromatic rings. The van der Waals surface area contributed by atoms with Crippen molar-refractivity contribution in [2.45, 2.75) is 32.0 Å². The average Bonchev–Trinajstić information content (AvgIpc) is 3.29. The first-order valence-electron chi connectivity index (χ1n) is 11.7. The molecule has 4 heterocycles. The summed E-state index contributed by atoms with van der Waals surface area (Å²) >= 11 is 0. The van der Waals surface area contributed by atoms with Crippen LogP contribution in [0.3, 0.4) is 0 Å². The molecule has 2 unspecified atom stereocenters. The molecule has 1 aromatic carbocycles. The summed E-state index contributed by atoms with van der Waals surface area (Å²) in [6.07, 6.45) is -0.481. The van der Waals surface area contributed by atoms with Gasteiger partial charge in [-0.1, -0.05) is 12.1 Å². The molecule has 0 saturated carbocycles. The number of pyridine rings is 1. The minimum absolute atomic E-state index is 0.134. The average molecular weight is 513 g/mol. The van der Waals surface area contributed by atoms with E-state index in [9.17, 15) is 27.5 Å². The Hall–Kier alpha value is -3.86. The monoisotopic (exact) mass is 513 g/mol. The second-order valence-corrected chi connectivity index (χ2v) is 9.15. The maximum Gasteiger partial charge on any atom is 0.418 e. The lowest BCUT2D eigenvalue weighted by Gasteiger charge is -2.35. The minimum atomic E-state index is -4.61. The van der Waals surface area contributed by atoms with Crippen LogP contribution in [0.1, 0.15) is 46.1 Å². The van der Waals surface area contributed by atoms with Gasteiger partial charge in [0.2, 0.25) is 0 Å². The third-order valence-corrected chi connectivity index (χ3v) is 6.77. The molecule has 11 heteroatoms. The van der Waals surface area contributed by atoms with Gasteiger partial charge in [-0.2, -0.15) is 18.3 Å². The number of aliphatic hydroxyl groups excluding tert-OH is 1. The van der Waals surface area contributed by atoms with Crippen LogP contribution in [0.25, 0.3) is 16.8 Å². The van der Waals surface area contributed by atoms with Crippen LogP contribution in [0, 0.1) is 18.7 Å². The van der Waals surface area contributed by atoms with Gasteiger partial charge >= 0.3 is 6.18 Å². The number of aromatic nitrogens is 4. The fourth-order valence-corrected chi connectivity index (χ4v) is 4.83. The van der Waals surface area contributed by atoms with Crippen molar-refractivity contribution in [3.05, 3.63) is 83.3 Å². The molecule has 1 saturated heterocycles. The summed E-state index contributed by atoms with van der Waals surface area (Å²) in [4.78, 5) is 23.1. The van der Waals surface area contributed by atoms with Crippen molar-refractivity contribution in [2.24, 2.45) is 5.92 Å². The third kappa shape index (κ3) is 4.78. The van der Waals surface area contributed by atoms with E-state index in [1.807, 2.05) is 0 Å². The van der Waals surface area contributed by atoms with Gasteiger partial charge in [-0.15, -0.1) is 0 Å². The first-order valence-corrected chi connectivity index (χ1v) is 11.7. The molecule has 7 nitrogen and oxygen atoms in total. The summed E-state index contributed by atoms with van der Waals surface area (Å²) in [6, 6.07) is 8.11. The number of carbonyl (C=O) groups is 1. The minimum Gasteiger partial charge on any atom is -0.388 e. The first kappa shape index (κ1) is 24.8. The van der Waals surface area contributed by atoms with Gasteiger partial charge in [0.15, 0.2) is 0 Å². The van der Waals surface area contributed by atoms with Crippen molar-refractivity contribution >= 4 is 11.4 Å². The number of carbonyl (C=O) groups excluding carboxylic acids is 1. The number of hydrogen-bond donors (Lipinski definition) is 1. The Labute approximate surface area is 209 Å². The molecule has 1 N–H and O–H groups in total. The molecule has 1 aliphatic heterocycles. The number of nitrogens with zero attached hydrogens (tertiary/aromatic N) is 5. The van der Waals surface area contributed by atoms with Crippen molar-refractivity contribution in [3.63, 3.8) is 0 Å². The van der Waals surface area contributed by atoms with Gasteiger partial charge in [0.1, 0.15) is 12.1 Å². The number of alkyl halides is 3. The van der Waals surface area contributed by atoms with Crippen LogP contribution < -0.4 is 0 Å². The molecule has 0 radical (unpaired) electrons. The molecular weight excluding hydrogens is 490 g/mol. The molecule has 2 atom stereocenters. The number of likely N-dealkylation sites (tertiary alicyclic amines) is 1. The number of fused-ring (bicyclic) bond motifs is 1. The van der Waals surface area contributed by atoms with Gasteiger partial charge < -0.3 is 10.0 Å². The van der Waals surface area contributed by atoms with Crippen LogP contribution in [0.4, 0.5) is 17.6 Å². The van der Waals surface area contributed by atoms with Crippen LogP contribution >= 0.6 is 0 Å². The smallest absolute Gasteiger partial charge is 0.388 e. The number of aliphatic hydroxyl groups is 1. The fraction of sp³-hybridized carbons (Fsp3) is 0.308. The lowest BCUT2D eigenvalue weighted by molar-refractivity contribution is -0.136. The predicted octanol–water partition coefficient (Wildman–Crippen LogP) is 4.84. The van der Waals surface area contributed by atoms with Crippen LogP contribution in [-0.4, -0.2) is 48.6 Å². The molecule has 0 bridgehead atoms. The number of amides is 1. The standard InChI is InChI=1S/C26H23F4N5O2/c1-15-20(25(37)34-8-2-3-17(13-34)24(36)16-4-6-19(27)7-5-16)9-18(11-32-15)22-10-21(26(28,29)30)23-12-31-14-33-35(22)23/h4-7,9-12,14,17,24,36H,2-3,8,13H2,1H3. The second kappa shape index (κ2) is 9.55. The van der Waals surface area contributed by atoms with Gasteiger partial charge in [-0.25, -0.2) is 13.9 Å². The number of halogens is 4. The van der Waals surface area contributed by atoms with Gasteiger partial charge in [-0.05, 0) is 49.6 Å². The van der Waals surface area contributed by atoms with E-state index in [1.54, 1.807) is 11.8 Å². The van der Waals surface area contributed by atoms with E-state index in [0.717, 1.165) is 23.1 Å². The molecule has 1 amide bonds. The lowest BCUT2D eigenvalue weighted by Crippen LogP contribution is -2.42. The molecular formula is C26H23F4N5O2. The Morgan fingerprint density at radius 3 is 2.65 bits per heavy atom. The fourth-order valence-electron chi connectivity index (χ4n) is 4.83. The van der Waals surface area contributed by atoms with Gasteiger partial charge in [0, 0.05) is 30.8 Å². The topological polar surface area (TPSA) is 83.6 Å². The highest BCUT2D eigenvalue weighted by atomic mass is 19.4. The van der Waals surface area contributed by atoms with E-state index < -0.39 is 23.7 Å². The first-order chi connectivity index (χ1) is 17.6. The zero-order valence-electron chi connectivity index (χ0n) is 19.8. The van der Waals surface area contributed by atoms with Gasteiger partial charge in [-0.3, -0.25) is 9.78 Å². The largest absolute Gasteiger partial charge is 0.418 e. The van der Waals surface area contributed by atoms with Crippen LogP contribution in [-0.2, 0) is 6.18 Å². The summed E-state index contributed by atoms with van der Waals surface area (Å²) in [5, 5.41) is 14.8. The summed E-state index contributed by atoms with van der Waals surface area (Å²) < 4.78 is 55.3. The Bertz CT molecular complexity index is 1450. The molecule has 3 aromatic heterocycles. The van der Waals surface area contributed by atoms with Crippen molar-refractivity contribution < 1.29 is 27.5 Å². The number of aryl methyl sites for hydroxylation is 1. The summed E-state index contributed by atoms with van der Waals surface area (Å²) in [6.45, 7) is 2.40. The van der Waals surface area contributed by atoms with E-state index in [0.29, 0.717) is 36.2 Å². The van der Waals surface area contributed by atoms with Gasteiger partial charge in [0.25, 0.3) is 5.91 Å². The molecule has 0 spiro atoms. The summed E-state index contributed by atoms with van der Waals surface area (Å²) in [7, 11) is 0. The predicted molar refractivity (Wildman–Crippen MR) is 126 cm³/mol. The van der Waals surface area contributed by atoms with E-state index in [-0.39, 0.29) is 35.1 Å². The number of hydrogen-bond acceptors (Lipinski definition) is 5. The number of benzene rings is 1. The van der Waals surface area contributed by atoms with Crippen molar-refractivity contribution in [1.29, 1.82) is 0 Å². The van der Waals surface area contributed by atoms with E-state index in [2.05, 4.69) is 15.1 Å². The zero-order valence-corrected chi connectivity index (χ0v) is 19.8. The molecule has 37 heavy (non-hydrogen) atoms. The highest BCUT2D eigenvalue weighted by Gasteiger charge is 2.36. The van der Waals surface area contributed by atoms with Crippen LogP contribution in [0.15, 0.2) is 55.1 Å². The lowest BCUT2D eigenvalue weighted by atomic mass is 9.88. The molecule has 5 rings (SSSR count). The molecule has 0 aliphatic carbocycles. The molecule has 1 fully saturated rings. The van der Waals surface area contributed by atoms with Gasteiger partial charge in [0.05, 0.1) is 40.3 Å². The molecule has 192 valence electrons. The van der Waals surface area contributed by atoms with E-state index in [1.165, 1.54) is 36.5 Å². The number of rotatable bonds is 4. The number of piperidine rings is 1. The van der Waals surface area contributed by atoms with Crippen molar-refractivity contribution in [1.82, 2.24) is 24.5 Å². The normalized spacial score (nSPS) is 17.2. The SMILES string of the molecule is Cc1ncc(-c2cc(C(F)(F)F)c3cncnn23)cc1C(=O)N1CCCC(C(O)c2ccc(F)cc2)C1. The highest BCUT2D eigenvalue weighted by Crippen LogP contribution is 2.37. The Balaban J connectivity index is 1.44. The summed E-state index contributed by atoms with van der Waals surface area (Å²) in [5.41, 5.74) is 0.612. The Morgan fingerprint density at radius 2 is 1.92 bits per heavy atom. The van der Waals surface area contributed by atoms with Crippen molar-refractivity contribution in [3.8, 4) is 11.3 Å². The molecule has 1 aliphatic rings. The van der Waals surface area contributed by atoms with Crippen molar-refractivity contribution in [2.75, 3.05) is 13.1 Å². The maximum atomic E-state index is 13.6. The van der Waals surface area contributed by atoms with E-state index >= 15 is 0 Å². The highest BCUT2D eigenvalue weighted by molar-refractivity contribution is 5.96. The maximum absolute atomic E-state index is 13.6. The van der Waals surface area contributed by atoms with Crippen LogP contribution in [0.5, 0.6) is 0 Å². The quantitative estimate of drug-likeness (QED) is 0.395. The zero-order chi connectivity index (χ0) is 26.3. The third-order valence-electron chi connectivity index (χ3n) is 6.77. The van der Waals surface area contributed by atoms with Crippen LogP contribution in [0.2, 0.25) is 0 Å². The van der Waals surface area contributed by atoms with E-state index in [4.69, 9.17) is 0 Å².